The molecule has 4 heteroatoms. The van der Waals surface area contributed by atoms with E-state index in [0.717, 1.165) is 22.9 Å². The molecule has 0 fully saturated rings. The van der Waals surface area contributed by atoms with E-state index in [1.54, 1.807) is 6.33 Å². The number of ether oxygens (including phenoxy) is 1. The summed E-state index contributed by atoms with van der Waals surface area (Å²) >= 11 is 1.85. The van der Waals surface area contributed by atoms with E-state index in [1.165, 1.54) is 11.1 Å². The fraction of sp³-hybridized carbons (Fsp3) is 0.250. The summed E-state index contributed by atoms with van der Waals surface area (Å²) in [6.07, 6.45) is 1.74. The van der Waals surface area contributed by atoms with Crippen LogP contribution in [-0.4, -0.2) is 22.3 Å². The highest BCUT2D eigenvalue weighted by atomic mass is 32.2. The molecular formula is C20H22N2OS. The highest BCUT2D eigenvalue weighted by Crippen LogP contribution is 2.26. The lowest BCUT2D eigenvalue weighted by molar-refractivity contribution is 0.0935. The minimum Gasteiger partial charge on any atom is -0.368 e. The summed E-state index contributed by atoms with van der Waals surface area (Å²) in [5, 5.41) is 0. The zero-order chi connectivity index (χ0) is 16.6. The molecule has 0 atom stereocenters. The van der Waals surface area contributed by atoms with Crippen molar-refractivity contribution in [2.24, 2.45) is 0 Å². The molecule has 0 aliphatic rings. The van der Waals surface area contributed by atoms with E-state index in [2.05, 4.69) is 65.4 Å². The van der Waals surface area contributed by atoms with Gasteiger partial charge in [0.1, 0.15) is 6.10 Å². The third kappa shape index (κ3) is 4.49. The summed E-state index contributed by atoms with van der Waals surface area (Å²) in [7, 11) is 0. The van der Waals surface area contributed by atoms with Gasteiger partial charge >= 0.3 is 0 Å². The summed E-state index contributed by atoms with van der Waals surface area (Å²) in [6.45, 7) is 2.77. The molecule has 0 spiro atoms. The van der Waals surface area contributed by atoms with Crippen LogP contribution >= 0.6 is 11.8 Å². The van der Waals surface area contributed by atoms with Crippen molar-refractivity contribution in [1.29, 1.82) is 0 Å². The van der Waals surface area contributed by atoms with E-state index >= 15 is 0 Å². The Morgan fingerprint density at radius 2 is 1.62 bits per heavy atom. The number of aromatic amines is 1. The van der Waals surface area contributed by atoms with Crippen molar-refractivity contribution in [3.05, 3.63) is 89.5 Å². The molecule has 0 aliphatic heterocycles. The molecule has 3 aromatic rings. The van der Waals surface area contributed by atoms with Crippen LogP contribution in [0.2, 0.25) is 0 Å². The van der Waals surface area contributed by atoms with Gasteiger partial charge in [-0.15, -0.1) is 0 Å². The maximum absolute atomic E-state index is 6.21. The molecule has 1 N–H and O–H groups in total. The highest BCUT2D eigenvalue weighted by molar-refractivity contribution is 7.98. The molecule has 0 aliphatic carbocycles. The third-order valence-electron chi connectivity index (χ3n) is 3.89. The summed E-state index contributed by atoms with van der Waals surface area (Å²) in [5.74, 6) is 1.86. The van der Waals surface area contributed by atoms with Gasteiger partial charge in [0, 0.05) is 17.2 Å². The highest BCUT2D eigenvalue weighted by Gasteiger charge is 2.14. The van der Waals surface area contributed by atoms with Gasteiger partial charge in [-0.3, -0.25) is 0 Å². The number of hydrogen-bond acceptors (Lipinski definition) is 3. The van der Waals surface area contributed by atoms with Gasteiger partial charge in [0.15, 0.2) is 0 Å². The van der Waals surface area contributed by atoms with E-state index in [0.29, 0.717) is 6.61 Å². The van der Waals surface area contributed by atoms with Gasteiger partial charge in [-0.05, 0) is 18.1 Å². The first-order chi connectivity index (χ1) is 11.8. The van der Waals surface area contributed by atoms with Crippen molar-refractivity contribution < 1.29 is 4.74 Å². The Morgan fingerprint density at radius 1 is 1.00 bits per heavy atom. The zero-order valence-corrected chi connectivity index (χ0v) is 14.6. The van der Waals surface area contributed by atoms with Crippen LogP contribution in [-0.2, 0) is 10.5 Å². The first-order valence-electron chi connectivity index (χ1n) is 8.12. The monoisotopic (exact) mass is 338 g/mol. The third-order valence-corrected chi connectivity index (χ3v) is 4.82. The average molecular weight is 338 g/mol. The van der Waals surface area contributed by atoms with Crippen molar-refractivity contribution in [3.8, 4) is 0 Å². The number of aryl methyl sites for hydroxylation is 1. The van der Waals surface area contributed by atoms with Crippen LogP contribution in [0, 0.1) is 6.92 Å². The summed E-state index contributed by atoms with van der Waals surface area (Å²) in [6, 6.07) is 20.8. The number of imidazole rings is 1. The standard InChI is InChI=1S/C20H22N2OS/c1-16-19(22-15-21-16)14-24-13-12-23-20(17-8-4-2-5-9-17)18-10-6-3-7-11-18/h2-11,15,20H,12-14H2,1H3,(H,21,22). The molecule has 2 aromatic carbocycles. The molecule has 1 heterocycles. The average Bonchev–Trinajstić information content (AvgIpc) is 3.04. The van der Waals surface area contributed by atoms with E-state index < -0.39 is 0 Å². The largest absolute Gasteiger partial charge is 0.368 e. The van der Waals surface area contributed by atoms with Gasteiger partial charge < -0.3 is 9.72 Å². The normalized spacial score (nSPS) is 11.1. The fourth-order valence-electron chi connectivity index (χ4n) is 2.57. The summed E-state index contributed by atoms with van der Waals surface area (Å²) in [5.41, 5.74) is 4.66. The molecule has 1 aromatic heterocycles. The Kier molecular flexibility index (Phi) is 6.10. The van der Waals surface area contributed by atoms with Crippen LogP contribution in [0.25, 0.3) is 0 Å². The van der Waals surface area contributed by atoms with Crippen molar-refractivity contribution in [1.82, 2.24) is 9.97 Å². The molecule has 3 nitrogen and oxygen atoms in total. The van der Waals surface area contributed by atoms with Crippen LogP contribution in [0.3, 0.4) is 0 Å². The molecule has 0 amide bonds. The number of H-pyrrole nitrogens is 1. The first-order valence-corrected chi connectivity index (χ1v) is 9.28. The Bertz CT molecular complexity index is 688. The molecule has 0 radical (unpaired) electrons. The van der Waals surface area contributed by atoms with Crippen molar-refractivity contribution in [2.45, 2.75) is 18.8 Å². The molecule has 0 unspecified atom stereocenters. The Labute approximate surface area is 147 Å². The maximum Gasteiger partial charge on any atom is 0.108 e. The molecule has 24 heavy (non-hydrogen) atoms. The minimum atomic E-state index is -0.0138. The Hall–Kier alpha value is -2.04. The molecule has 3 rings (SSSR count). The minimum absolute atomic E-state index is 0.0138. The van der Waals surface area contributed by atoms with E-state index in [-0.39, 0.29) is 6.10 Å². The Balaban J connectivity index is 1.56. The van der Waals surface area contributed by atoms with Crippen LogP contribution in [0.1, 0.15) is 28.6 Å². The van der Waals surface area contributed by atoms with E-state index in [4.69, 9.17) is 4.74 Å². The van der Waals surface area contributed by atoms with Crippen molar-refractivity contribution in [2.75, 3.05) is 12.4 Å². The van der Waals surface area contributed by atoms with Gasteiger partial charge in [-0.25, -0.2) is 4.98 Å². The summed E-state index contributed by atoms with van der Waals surface area (Å²) in [4.78, 5) is 7.44. The van der Waals surface area contributed by atoms with E-state index in [1.807, 2.05) is 23.9 Å². The predicted octanol–water partition coefficient (Wildman–Crippen LogP) is 4.76. The van der Waals surface area contributed by atoms with Crippen LogP contribution in [0.15, 0.2) is 67.0 Å². The van der Waals surface area contributed by atoms with Crippen LogP contribution in [0.5, 0.6) is 0 Å². The SMILES string of the molecule is Cc1[nH]cnc1CSCCOC(c1ccccc1)c1ccccc1. The first kappa shape index (κ1) is 16.8. The number of hydrogen-bond donors (Lipinski definition) is 1. The van der Waals surface area contributed by atoms with Gasteiger partial charge in [0.05, 0.1) is 18.6 Å². The quantitative estimate of drug-likeness (QED) is 0.602. The molecule has 124 valence electrons. The number of aromatic nitrogens is 2. The van der Waals surface area contributed by atoms with E-state index in [9.17, 15) is 0 Å². The zero-order valence-electron chi connectivity index (χ0n) is 13.8. The lowest BCUT2D eigenvalue weighted by Gasteiger charge is -2.19. The number of benzene rings is 2. The fourth-order valence-corrected chi connectivity index (χ4v) is 3.41. The second-order valence-corrected chi connectivity index (χ2v) is 6.70. The number of nitrogens with one attached hydrogen (secondary N) is 1. The summed E-state index contributed by atoms with van der Waals surface area (Å²) < 4.78 is 6.21. The predicted molar refractivity (Wildman–Crippen MR) is 100 cm³/mol. The van der Waals surface area contributed by atoms with Crippen LogP contribution < -0.4 is 0 Å². The molecule has 0 saturated heterocycles. The maximum atomic E-state index is 6.21. The smallest absolute Gasteiger partial charge is 0.108 e. The number of nitrogens with zero attached hydrogens (tertiary/aromatic N) is 1. The molecule has 0 saturated carbocycles. The van der Waals surface area contributed by atoms with Gasteiger partial charge in [-0.2, -0.15) is 11.8 Å². The Morgan fingerprint density at radius 3 is 2.17 bits per heavy atom. The molecule has 0 bridgehead atoms. The number of thioether (sulfide) groups is 1. The van der Waals surface area contributed by atoms with Gasteiger partial charge in [0.2, 0.25) is 0 Å². The van der Waals surface area contributed by atoms with Gasteiger partial charge in [-0.1, -0.05) is 60.7 Å². The van der Waals surface area contributed by atoms with Gasteiger partial charge in [0.25, 0.3) is 0 Å². The lowest BCUT2D eigenvalue weighted by atomic mass is 10.0. The van der Waals surface area contributed by atoms with Crippen molar-refractivity contribution in [3.63, 3.8) is 0 Å². The van der Waals surface area contributed by atoms with Crippen LogP contribution in [0.4, 0.5) is 0 Å². The number of rotatable bonds is 8. The van der Waals surface area contributed by atoms with Crippen molar-refractivity contribution >= 4 is 11.8 Å². The second kappa shape index (κ2) is 8.71. The lowest BCUT2D eigenvalue weighted by Crippen LogP contribution is -2.08. The molecular weight excluding hydrogens is 316 g/mol. The second-order valence-electron chi connectivity index (χ2n) is 5.60. The topological polar surface area (TPSA) is 37.9 Å².